The number of nitrogens with one attached hydrogen (secondary N) is 1. The molecule has 0 bridgehead atoms. The lowest BCUT2D eigenvalue weighted by Gasteiger charge is -2.19. The molecule has 0 radical (unpaired) electrons. The molecule has 1 amide bonds. The lowest BCUT2D eigenvalue weighted by Crippen LogP contribution is -2.34. The van der Waals surface area contributed by atoms with Gasteiger partial charge in [-0.2, -0.15) is 10.2 Å². The molecule has 6 nitrogen and oxygen atoms in total. The number of amides is 1. The molecule has 2 heterocycles. The van der Waals surface area contributed by atoms with Crippen LogP contribution in [-0.4, -0.2) is 25.5 Å². The molecule has 2 rings (SSSR count). The Morgan fingerprint density at radius 3 is 2.59 bits per heavy atom. The van der Waals surface area contributed by atoms with Crippen LogP contribution in [0.1, 0.15) is 50.5 Å². The van der Waals surface area contributed by atoms with Gasteiger partial charge in [-0.3, -0.25) is 14.2 Å². The Balaban J connectivity index is 2.11. The Bertz CT molecular complexity index is 648. The summed E-state index contributed by atoms with van der Waals surface area (Å²) in [7, 11) is 0. The van der Waals surface area contributed by atoms with E-state index in [1.807, 2.05) is 38.6 Å². The molecule has 7 heteroatoms. The van der Waals surface area contributed by atoms with Gasteiger partial charge in [-0.1, -0.05) is 18.5 Å². The topological polar surface area (TPSA) is 64.7 Å². The number of aromatic nitrogens is 4. The summed E-state index contributed by atoms with van der Waals surface area (Å²) in [6, 6.07) is -0.468. The minimum absolute atomic E-state index is 0.0709. The number of aryl methyl sites for hydroxylation is 1. The Morgan fingerprint density at radius 2 is 2.09 bits per heavy atom. The molecule has 1 N–H and O–H groups in total. The van der Waals surface area contributed by atoms with Crippen molar-refractivity contribution >= 4 is 17.5 Å². The largest absolute Gasteiger partial charge is 0.348 e. The Labute approximate surface area is 135 Å². The summed E-state index contributed by atoms with van der Waals surface area (Å²) in [4.78, 5) is 12.5. The van der Waals surface area contributed by atoms with Gasteiger partial charge in [0.25, 0.3) is 0 Å². The standard InChI is InChI=1S/C15H22ClN5O/c1-5-14(21-9-12(16)7-17-21)15(22)19-10(3)13-8-18-20(6-2)11(13)4/h7-10,14H,5-6H2,1-4H3,(H,19,22). The van der Waals surface area contributed by atoms with Gasteiger partial charge in [-0.05, 0) is 27.2 Å². The van der Waals surface area contributed by atoms with Gasteiger partial charge < -0.3 is 5.32 Å². The molecular formula is C15H22ClN5O. The van der Waals surface area contributed by atoms with E-state index in [1.54, 1.807) is 10.9 Å². The number of hydrogen-bond acceptors (Lipinski definition) is 3. The first-order valence-corrected chi connectivity index (χ1v) is 7.88. The van der Waals surface area contributed by atoms with Crippen molar-refractivity contribution in [2.75, 3.05) is 0 Å². The molecule has 2 unspecified atom stereocenters. The monoisotopic (exact) mass is 323 g/mol. The van der Waals surface area contributed by atoms with Crippen LogP contribution in [0.15, 0.2) is 18.6 Å². The summed E-state index contributed by atoms with van der Waals surface area (Å²) in [6.07, 6.45) is 5.66. The van der Waals surface area contributed by atoms with Crippen molar-refractivity contribution in [2.45, 2.75) is 52.7 Å². The van der Waals surface area contributed by atoms with E-state index in [9.17, 15) is 4.79 Å². The molecule has 2 aromatic rings. The maximum atomic E-state index is 12.5. The van der Waals surface area contributed by atoms with Crippen molar-refractivity contribution in [3.8, 4) is 0 Å². The number of halogens is 1. The molecule has 0 spiro atoms. The summed E-state index contributed by atoms with van der Waals surface area (Å²) in [5.74, 6) is -0.0709. The van der Waals surface area contributed by atoms with E-state index in [2.05, 4.69) is 15.5 Å². The van der Waals surface area contributed by atoms with Gasteiger partial charge in [0.1, 0.15) is 6.04 Å². The minimum atomic E-state index is -0.364. The molecule has 0 saturated carbocycles. The average molecular weight is 324 g/mol. The van der Waals surface area contributed by atoms with E-state index in [4.69, 9.17) is 11.6 Å². The van der Waals surface area contributed by atoms with E-state index in [0.717, 1.165) is 17.8 Å². The van der Waals surface area contributed by atoms with Crippen molar-refractivity contribution in [2.24, 2.45) is 0 Å². The van der Waals surface area contributed by atoms with Gasteiger partial charge in [0.05, 0.1) is 23.5 Å². The van der Waals surface area contributed by atoms with E-state index in [1.165, 1.54) is 6.20 Å². The Kier molecular flexibility index (Phi) is 5.24. The van der Waals surface area contributed by atoms with Gasteiger partial charge >= 0.3 is 0 Å². The molecule has 0 aliphatic carbocycles. The smallest absolute Gasteiger partial charge is 0.245 e. The number of nitrogens with zero attached hydrogens (tertiary/aromatic N) is 4. The highest BCUT2D eigenvalue weighted by atomic mass is 35.5. The van der Waals surface area contributed by atoms with E-state index in [-0.39, 0.29) is 18.0 Å². The average Bonchev–Trinajstić information content (AvgIpc) is 3.05. The fourth-order valence-electron chi connectivity index (χ4n) is 2.57. The Morgan fingerprint density at radius 1 is 1.36 bits per heavy atom. The third kappa shape index (κ3) is 3.32. The fourth-order valence-corrected chi connectivity index (χ4v) is 2.71. The highest BCUT2D eigenvalue weighted by Crippen LogP contribution is 2.20. The summed E-state index contributed by atoms with van der Waals surface area (Å²) >= 11 is 5.88. The fraction of sp³-hybridized carbons (Fsp3) is 0.533. The third-order valence-corrected chi connectivity index (χ3v) is 4.04. The second-order valence-electron chi connectivity index (χ2n) is 5.29. The number of hydrogen-bond donors (Lipinski definition) is 1. The lowest BCUT2D eigenvalue weighted by atomic mass is 10.1. The van der Waals surface area contributed by atoms with E-state index >= 15 is 0 Å². The third-order valence-electron chi connectivity index (χ3n) is 3.84. The first-order valence-electron chi connectivity index (χ1n) is 7.50. The predicted octanol–water partition coefficient (Wildman–Crippen LogP) is 2.89. The zero-order chi connectivity index (χ0) is 16.3. The number of carbonyl (C=O) groups is 1. The van der Waals surface area contributed by atoms with E-state index in [0.29, 0.717) is 11.4 Å². The second kappa shape index (κ2) is 6.96. The van der Waals surface area contributed by atoms with Crippen LogP contribution < -0.4 is 5.32 Å². The van der Waals surface area contributed by atoms with E-state index < -0.39 is 0 Å². The summed E-state index contributed by atoms with van der Waals surface area (Å²) in [6.45, 7) is 8.78. The van der Waals surface area contributed by atoms with Crippen LogP contribution in [-0.2, 0) is 11.3 Å². The van der Waals surface area contributed by atoms with Crippen molar-refractivity contribution in [1.82, 2.24) is 24.9 Å². The van der Waals surface area contributed by atoms with Crippen LogP contribution in [0.25, 0.3) is 0 Å². The van der Waals surface area contributed by atoms with Gasteiger partial charge in [0, 0.05) is 24.0 Å². The highest BCUT2D eigenvalue weighted by molar-refractivity contribution is 6.30. The highest BCUT2D eigenvalue weighted by Gasteiger charge is 2.22. The first-order chi connectivity index (χ1) is 10.5. The van der Waals surface area contributed by atoms with Gasteiger partial charge in [0.2, 0.25) is 5.91 Å². The number of carbonyl (C=O) groups excluding carboxylic acids is 1. The van der Waals surface area contributed by atoms with Crippen LogP contribution in [0.4, 0.5) is 0 Å². The van der Waals surface area contributed by atoms with Crippen LogP contribution in [0, 0.1) is 6.92 Å². The van der Waals surface area contributed by atoms with Crippen LogP contribution in [0.5, 0.6) is 0 Å². The SMILES string of the molecule is CCC(C(=O)NC(C)c1cnn(CC)c1C)n1cc(Cl)cn1. The minimum Gasteiger partial charge on any atom is -0.348 e. The molecule has 2 atom stereocenters. The van der Waals surface area contributed by atoms with Crippen LogP contribution in [0.2, 0.25) is 5.02 Å². The van der Waals surface area contributed by atoms with Crippen LogP contribution >= 0.6 is 11.6 Å². The molecule has 22 heavy (non-hydrogen) atoms. The molecule has 120 valence electrons. The van der Waals surface area contributed by atoms with Crippen molar-refractivity contribution < 1.29 is 4.79 Å². The molecule has 0 saturated heterocycles. The molecule has 0 fully saturated rings. The van der Waals surface area contributed by atoms with Crippen molar-refractivity contribution in [1.29, 1.82) is 0 Å². The van der Waals surface area contributed by atoms with Gasteiger partial charge in [-0.15, -0.1) is 0 Å². The molecular weight excluding hydrogens is 302 g/mol. The van der Waals surface area contributed by atoms with Gasteiger partial charge in [0.15, 0.2) is 0 Å². The first kappa shape index (κ1) is 16.5. The number of rotatable bonds is 6. The molecule has 0 aliphatic heterocycles. The van der Waals surface area contributed by atoms with Crippen molar-refractivity contribution in [3.05, 3.63) is 34.9 Å². The maximum absolute atomic E-state index is 12.5. The van der Waals surface area contributed by atoms with Crippen LogP contribution in [0.3, 0.4) is 0 Å². The maximum Gasteiger partial charge on any atom is 0.245 e. The summed E-state index contributed by atoms with van der Waals surface area (Å²) in [5.41, 5.74) is 2.11. The summed E-state index contributed by atoms with van der Waals surface area (Å²) in [5, 5.41) is 12.0. The van der Waals surface area contributed by atoms with Crippen molar-refractivity contribution in [3.63, 3.8) is 0 Å². The normalized spacial score (nSPS) is 13.9. The lowest BCUT2D eigenvalue weighted by molar-refractivity contribution is -0.125. The van der Waals surface area contributed by atoms with Gasteiger partial charge in [-0.25, -0.2) is 0 Å². The second-order valence-corrected chi connectivity index (χ2v) is 5.73. The quantitative estimate of drug-likeness (QED) is 0.889. The molecule has 2 aromatic heterocycles. The zero-order valence-corrected chi connectivity index (χ0v) is 14.1. The molecule has 0 aromatic carbocycles. The zero-order valence-electron chi connectivity index (χ0n) is 13.4. The predicted molar refractivity (Wildman–Crippen MR) is 85.8 cm³/mol. The summed E-state index contributed by atoms with van der Waals surface area (Å²) < 4.78 is 3.52. The Hall–Kier alpha value is -1.82. The molecule has 0 aliphatic rings.